The number of aryl methyl sites for hydroxylation is 1. The number of carbonyl (C=O) groups is 2. The minimum atomic E-state index is -0.537. The summed E-state index contributed by atoms with van der Waals surface area (Å²) in [6, 6.07) is 9.08. The Bertz CT molecular complexity index is 932. The van der Waals surface area contributed by atoms with Crippen molar-refractivity contribution in [3.63, 3.8) is 0 Å². The van der Waals surface area contributed by atoms with Crippen LogP contribution in [0.3, 0.4) is 0 Å². The van der Waals surface area contributed by atoms with E-state index in [1.807, 2.05) is 25.1 Å². The van der Waals surface area contributed by atoms with Gasteiger partial charge in [-0.05, 0) is 25.1 Å². The molecule has 0 saturated carbocycles. The molecule has 1 aromatic carbocycles. The molecule has 0 fully saturated rings. The first-order valence-electron chi connectivity index (χ1n) is 7.13. The van der Waals surface area contributed by atoms with E-state index in [1.165, 1.54) is 18.4 Å². The van der Waals surface area contributed by atoms with Gasteiger partial charge < -0.3 is 10.1 Å². The molecule has 1 amide bonds. The zero-order chi connectivity index (χ0) is 17.3. The standard InChI is InChI=1S/C16H14ClN3O3S/c1-9-10-7-13(16(22)23-8-14(21)18-2)24-15(10)20(19-9)12-6-4-3-5-11(12)17/h3-7H,8H2,1-2H3,(H,18,21). The van der Waals surface area contributed by atoms with Crippen molar-refractivity contribution >= 4 is 45.0 Å². The van der Waals surface area contributed by atoms with Crippen LogP contribution < -0.4 is 5.32 Å². The second-order valence-corrected chi connectivity index (χ2v) is 6.47. The molecule has 0 spiro atoms. The van der Waals surface area contributed by atoms with Crippen LogP contribution >= 0.6 is 22.9 Å². The van der Waals surface area contributed by atoms with Crippen molar-refractivity contribution in [2.45, 2.75) is 6.92 Å². The quantitative estimate of drug-likeness (QED) is 0.723. The van der Waals surface area contributed by atoms with Gasteiger partial charge in [-0.25, -0.2) is 9.48 Å². The van der Waals surface area contributed by atoms with E-state index in [9.17, 15) is 9.59 Å². The number of para-hydroxylation sites is 1. The molecule has 0 saturated heterocycles. The molecule has 0 bridgehead atoms. The molecule has 3 aromatic rings. The fourth-order valence-corrected chi connectivity index (χ4v) is 3.49. The maximum absolute atomic E-state index is 12.1. The van der Waals surface area contributed by atoms with E-state index in [2.05, 4.69) is 10.4 Å². The highest BCUT2D eigenvalue weighted by atomic mass is 35.5. The van der Waals surface area contributed by atoms with E-state index < -0.39 is 5.97 Å². The summed E-state index contributed by atoms with van der Waals surface area (Å²) in [6.07, 6.45) is 0. The highest BCUT2D eigenvalue weighted by molar-refractivity contribution is 7.20. The van der Waals surface area contributed by atoms with E-state index in [0.29, 0.717) is 9.90 Å². The number of hydrogen-bond acceptors (Lipinski definition) is 5. The molecule has 2 heterocycles. The number of benzene rings is 1. The molecule has 124 valence electrons. The maximum Gasteiger partial charge on any atom is 0.348 e. The van der Waals surface area contributed by atoms with Gasteiger partial charge in [-0.15, -0.1) is 11.3 Å². The average Bonchev–Trinajstić information content (AvgIpc) is 3.14. The van der Waals surface area contributed by atoms with Gasteiger partial charge in [0.15, 0.2) is 6.61 Å². The predicted molar refractivity (Wildman–Crippen MR) is 93.0 cm³/mol. The monoisotopic (exact) mass is 363 g/mol. The lowest BCUT2D eigenvalue weighted by Crippen LogP contribution is -2.24. The highest BCUT2D eigenvalue weighted by Crippen LogP contribution is 2.32. The third kappa shape index (κ3) is 3.00. The molecule has 2 aromatic heterocycles. The van der Waals surface area contributed by atoms with E-state index in [-0.39, 0.29) is 12.5 Å². The van der Waals surface area contributed by atoms with Crippen LogP contribution in [-0.2, 0) is 9.53 Å². The topological polar surface area (TPSA) is 73.2 Å². The van der Waals surface area contributed by atoms with Crippen molar-refractivity contribution < 1.29 is 14.3 Å². The number of carbonyl (C=O) groups excluding carboxylic acids is 2. The van der Waals surface area contributed by atoms with Crippen LogP contribution in [0.25, 0.3) is 15.9 Å². The summed E-state index contributed by atoms with van der Waals surface area (Å²) in [5.41, 5.74) is 1.52. The van der Waals surface area contributed by atoms with Gasteiger partial charge in [0.25, 0.3) is 5.91 Å². The summed E-state index contributed by atoms with van der Waals surface area (Å²) >= 11 is 7.50. The van der Waals surface area contributed by atoms with Gasteiger partial charge in [0, 0.05) is 12.4 Å². The molecule has 0 aliphatic carbocycles. The first kappa shape index (κ1) is 16.5. The lowest BCUT2D eigenvalue weighted by molar-refractivity contribution is -0.123. The predicted octanol–water partition coefficient (Wildman–Crippen LogP) is 2.95. The summed E-state index contributed by atoms with van der Waals surface area (Å²) < 4.78 is 6.71. The molecule has 1 N–H and O–H groups in total. The van der Waals surface area contributed by atoms with Gasteiger partial charge in [0.2, 0.25) is 0 Å². The Kier molecular flexibility index (Phi) is 4.55. The number of esters is 1. The van der Waals surface area contributed by atoms with Crippen molar-refractivity contribution in [3.05, 3.63) is 45.9 Å². The van der Waals surface area contributed by atoms with Crippen LogP contribution in [0.4, 0.5) is 0 Å². The maximum atomic E-state index is 12.1. The number of aromatic nitrogens is 2. The SMILES string of the molecule is CNC(=O)COC(=O)c1cc2c(C)nn(-c3ccccc3Cl)c2s1. The van der Waals surface area contributed by atoms with Crippen LogP contribution in [0.1, 0.15) is 15.4 Å². The molecule has 0 unspecified atom stereocenters. The number of likely N-dealkylation sites (N-methyl/N-ethyl adjacent to an activating group) is 1. The number of ether oxygens (including phenoxy) is 1. The molecule has 0 atom stereocenters. The minimum absolute atomic E-state index is 0.306. The Morgan fingerprint density at radius 1 is 1.38 bits per heavy atom. The number of hydrogen-bond donors (Lipinski definition) is 1. The highest BCUT2D eigenvalue weighted by Gasteiger charge is 2.19. The Balaban J connectivity index is 1.97. The summed E-state index contributed by atoms with van der Waals surface area (Å²) in [6.45, 7) is 1.56. The number of fused-ring (bicyclic) bond motifs is 1. The largest absolute Gasteiger partial charge is 0.451 e. The summed E-state index contributed by atoms with van der Waals surface area (Å²) in [5.74, 6) is -0.896. The normalized spacial score (nSPS) is 10.8. The molecule has 6 nitrogen and oxygen atoms in total. The number of amides is 1. The molecular formula is C16H14ClN3O3S. The number of halogens is 1. The molecule has 0 aliphatic rings. The van der Waals surface area contributed by atoms with Gasteiger partial charge in [0.05, 0.1) is 16.4 Å². The van der Waals surface area contributed by atoms with Crippen LogP contribution in [0.15, 0.2) is 30.3 Å². The first-order valence-corrected chi connectivity index (χ1v) is 8.32. The number of thiophene rings is 1. The van der Waals surface area contributed by atoms with Crippen molar-refractivity contribution in [1.82, 2.24) is 15.1 Å². The Morgan fingerprint density at radius 3 is 2.83 bits per heavy atom. The van der Waals surface area contributed by atoms with Gasteiger partial charge in [0.1, 0.15) is 9.71 Å². The van der Waals surface area contributed by atoms with Crippen molar-refractivity contribution in [1.29, 1.82) is 0 Å². The Labute approximate surface area is 147 Å². The average molecular weight is 364 g/mol. The second-order valence-electron chi connectivity index (χ2n) is 5.03. The lowest BCUT2D eigenvalue weighted by atomic mass is 10.3. The smallest absolute Gasteiger partial charge is 0.348 e. The van der Waals surface area contributed by atoms with Crippen molar-refractivity contribution in [2.24, 2.45) is 0 Å². The fourth-order valence-electron chi connectivity index (χ4n) is 2.21. The first-order chi connectivity index (χ1) is 11.5. The zero-order valence-electron chi connectivity index (χ0n) is 13.0. The van der Waals surface area contributed by atoms with Crippen molar-refractivity contribution in [3.8, 4) is 5.69 Å². The van der Waals surface area contributed by atoms with Gasteiger partial charge in [-0.3, -0.25) is 4.79 Å². The third-order valence-corrected chi connectivity index (χ3v) is 4.85. The molecular weight excluding hydrogens is 350 g/mol. The lowest BCUT2D eigenvalue weighted by Gasteiger charge is -2.04. The van der Waals surface area contributed by atoms with Gasteiger partial charge in [-0.1, -0.05) is 23.7 Å². The Morgan fingerprint density at radius 2 is 2.12 bits per heavy atom. The minimum Gasteiger partial charge on any atom is -0.451 e. The Hall–Kier alpha value is -2.38. The van der Waals surface area contributed by atoms with Gasteiger partial charge in [-0.2, -0.15) is 5.10 Å². The van der Waals surface area contributed by atoms with Crippen LogP contribution in [0.5, 0.6) is 0 Å². The molecule has 3 rings (SSSR count). The fraction of sp³-hybridized carbons (Fsp3) is 0.188. The number of rotatable bonds is 4. The number of nitrogens with one attached hydrogen (secondary N) is 1. The van der Waals surface area contributed by atoms with Crippen molar-refractivity contribution in [2.75, 3.05) is 13.7 Å². The second kappa shape index (κ2) is 6.62. The van der Waals surface area contributed by atoms with Gasteiger partial charge >= 0.3 is 5.97 Å². The van der Waals surface area contributed by atoms with E-state index in [0.717, 1.165) is 21.6 Å². The summed E-state index contributed by atoms with van der Waals surface area (Å²) in [4.78, 5) is 24.5. The number of nitrogens with zero attached hydrogens (tertiary/aromatic N) is 2. The van der Waals surface area contributed by atoms with Crippen LogP contribution in [-0.4, -0.2) is 35.3 Å². The van der Waals surface area contributed by atoms with E-state index in [1.54, 1.807) is 16.8 Å². The van der Waals surface area contributed by atoms with E-state index in [4.69, 9.17) is 16.3 Å². The third-order valence-electron chi connectivity index (χ3n) is 3.44. The molecule has 0 radical (unpaired) electrons. The van der Waals surface area contributed by atoms with Crippen LogP contribution in [0, 0.1) is 6.92 Å². The summed E-state index contributed by atoms with van der Waals surface area (Å²) in [5, 5.41) is 8.32. The zero-order valence-corrected chi connectivity index (χ0v) is 14.6. The molecule has 8 heteroatoms. The van der Waals surface area contributed by atoms with E-state index >= 15 is 0 Å². The van der Waals surface area contributed by atoms with Crippen LogP contribution in [0.2, 0.25) is 5.02 Å². The molecule has 0 aliphatic heterocycles. The summed E-state index contributed by atoms with van der Waals surface area (Å²) in [7, 11) is 1.48. The molecule has 24 heavy (non-hydrogen) atoms.